The molecule has 17 heavy (non-hydrogen) atoms. The summed E-state index contributed by atoms with van der Waals surface area (Å²) in [6.45, 7) is 0. The number of methoxy groups -OCH3 is 1. The van der Waals surface area contributed by atoms with Gasteiger partial charge in [0.2, 0.25) is 0 Å². The van der Waals surface area contributed by atoms with E-state index in [9.17, 15) is 0 Å². The van der Waals surface area contributed by atoms with Crippen LogP contribution in [0.5, 0.6) is 5.75 Å². The predicted octanol–water partition coefficient (Wildman–Crippen LogP) is 3.62. The number of hydrogen-bond acceptors (Lipinski definition) is 3. The van der Waals surface area contributed by atoms with Crippen LogP contribution in [-0.4, -0.2) is 19.1 Å². The van der Waals surface area contributed by atoms with Gasteiger partial charge in [0.05, 0.1) is 7.11 Å². The fraction of sp³-hybridized carbons (Fsp3) is 0.154. The summed E-state index contributed by atoms with van der Waals surface area (Å²) >= 11 is 3.42. The summed E-state index contributed by atoms with van der Waals surface area (Å²) in [6, 6.07) is 11.8. The zero-order valence-electron chi connectivity index (χ0n) is 9.72. The van der Waals surface area contributed by atoms with Crippen LogP contribution in [0.25, 0.3) is 0 Å². The summed E-state index contributed by atoms with van der Waals surface area (Å²) < 4.78 is 6.36. The van der Waals surface area contributed by atoms with Crippen LogP contribution in [0.3, 0.4) is 0 Å². The highest BCUT2D eigenvalue weighted by Gasteiger charge is 2.10. The van der Waals surface area contributed by atoms with Crippen molar-refractivity contribution in [3.63, 3.8) is 0 Å². The van der Waals surface area contributed by atoms with Crippen LogP contribution >= 0.6 is 15.9 Å². The molecule has 4 heteroatoms. The fourth-order valence-electron chi connectivity index (χ4n) is 1.58. The molecular formula is C13H13BrN2O. The van der Waals surface area contributed by atoms with Gasteiger partial charge in [-0.05, 0) is 36.4 Å². The van der Waals surface area contributed by atoms with E-state index >= 15 is 0 Å². The van der Waals surface area contributed by atoms with Crippen LogP contribution in [0.4, 0.5) is 11.5 Å². The second-order valence-electron chi connectivity index (χ2n) is 3.56. The number of pyridine rings is 1. The molecule has 1 aromatic heterocycles. The number of aromatic nitrogens is 1. The van der Waals surface area contributed by atoms with E-state index in [0.29, 0.717) is 0 Å². The van der Waals surface area contributed by atoms with Crippen LogP contribution in [0.15, 0.2) is 47.1 Å². The zero-order valence-corrected chi connectivity index (χ0v) is 11.3. The van der Waals surface area contributed by atoms with Crippen molar-refractivity contribution in [2.45, 2.75) is 0 Å². The highest BCUT2D eigenvalue weighted by atomic mass is 79.9. The highest BCUT2D eigenvalue weighted by molar-refractivity contribution is 9.10. The molecule has 0 unspecified atom stereocenters. The van der Waals surface area contributed by atoms with Crippen molar-refractivity contribution in [3.8, 4) is 5.75 Å². The minimum Gasteiger partial charge on any atom is -0.493 e. The number of rotatable bonds is 3. The molecule has 1 heterocycles. The van der Waals surface area contributed by atoms with Crippen LogP contribution in [-0.2, 0) is 0 Å². The lowest BCUT2D eigenvalue weighted by Crippen LogP contribution is -2.12. The van der Waals surface area contributed by atoms with E-state index in [0.717, 1.165) is 21.7 Å². The lowest BCUT2D eigenvalue weighted by molar-refractivity contribution is 0.414. The van der Waals surface area contributed by atoms with Crippen molar-refractivity contribution < 1.29 is 4.74 Å². The Labute approximate surface area is 109 Å². The summed E-state index contributed by atoms with van der Waals surface area (Å²) in [6.07, 6.45) is 1.76. The smallest absolute Gasteiger partial charge is 0.175 e. The molecule has 2 rings (SSSR count). The van der Waals surface area contributed by atoms with Crippen LogP contribution in [0.2, 0.25) is 0 Å². The second-order valence-corrected chi connectivity index (χ2v) is 4.48. The molecule has 0 N–H and O–H groups in total. The SMILES string of the molecule is COc1cccnc1N(C)c1ccc(Br)cc1. The number of halogens is 1. The molecule has 0 bridgehead atoms. The molecule has 0 aliphatic carbocycles. The minimum absolute atomic E-state index is 0.762. The fourth-order valence-corrected chi connectivity index (χ4v) is 1.84. The number of hydrogen-bond donors (Lipinski definition) is 0. The van der Waals surface area contributed by atoms with Gasteiger partial charge in [-0.2, -0.15) is 0 Å². The molecule has 0 aliphatic heterocycles. The minimum atomic E-state index is 0.762. The van der Waals surface area contributed by atoms with E-state index < -0.39 is 0 Å². The molecule has 0 spiro atoms. The van der Waals surface area contributed by atoms with E-state index in [1.807, 2.05) is 48.3 Å². The van der Waals surface area contributed by atoms with Crippen LogP contribution < -0.4 is 9.64 Å². The van der Waals surface area contributed by atoms with Crippen molar-refractivity contribution in [1.29, 1.82) is 0 Å². The Morgan fingerprint density at radius 3 is 2.53 bits per heavy atom. The third-order valence-corrected chi connectivity index (χ3v) is 3.03. The molecule has 3 nitrogen and oxygen atoms in total. The van der Waals surface area contributed by atoms with Gasteiger partial charge >= 0.3 is 0 Å². The maximum atomic E-state index is 5.30. The van der Waals surface area contributed by atoms with E-state index in [-0.39, 0.29) is 0 Å². The Morgan fingerprint density at radius 1 is 1.18 bits per heavy atom. The van der Waals surface area contributed by atoms with Crippen molar-refractivity contribution in [2.75, 3.05) is 19.1 Å². The molecule has 88 valence electrons. The molecule has 0 radical (unpaired) electrons. The van der Waals surface area contributed by atoms with Crippen LogP contribution in [0.1, 0.15) is 0 Å². The molecule has 0 amide bonds. The number of benzene rings is 1. The van der Waals surface area contributed by atoms with Gasteiger partial charge in [-0.3, -0.25) is 0 Å². The largest absolute Gasteiger partial charge is 0.493 e. The maximum Gasteiger partial charge on any atom is 0.175 e. The van der Waals surface area contributed by atoms with E-state index in [4.69, 9.17) is 4.74 Å². The zero-order chi connectivity index (χ0) is 12.3. The van der Waals surface area contributed by atoms with Crippen molar-refractivity contribution >= 4 is 27.4 Å². The summed E-state index contributed by atoms with van der Waals surface area (Å²) in [5.74, 6) is 1.57. The monoisotopic (exact) mass is 292 g/mol. The lowest BCUT2D eigenvalue weighted by atomic mass is 10.3. The highest BCUT2D eigenvalue weighted by Crippen LogP contribution is 2.30. The molecule has 0 aliphatic rings. The molecule has 0 saturated heterocycles. The van der Waals surface area contributed by atoms with E-state index in [1.165, 1.54) is 0 Å². The van der Waals surface area contributed by atoms with Gasteiger partial charge in [-0.15, -0.1) is 0 Å². The molecule has 0 atom stereocenters. The molecule has 2 aromatic rings. The first kappa shape index (κ1) is 11.9. The molecule has 0 fully saturated rings. The van der Waals surface area contributed by atoms with Gasteiger partial charge in [0.15, 0.2) is 11.6 Å². The van der Waals surface area contributed by atoms with Gasteiger partial charge in [-0.1, -0.05) is 15.9 Å². The Balaban J connectivity index is 2.36. The van der Waals surface area contributed by atoms with Gasteiger partial charge in [0, 0.05) is 23.4 Å². The Hall–Kier alpha value is -1.55. The quantitative estimate of drug-likeness (QED) is 0.864. The van der Waals surface area contributed by atoms with Gasteiger partial charge in [0.1, 0.15) is 0 Å². The van der Waals surface area contributed by atoms with E-state index in [2.05, 4.69) is 20.9 Å². The van der Waals surface area contributed by atoms with E-state index in [1.54, 1.807) is 13.3 Å². The van der Waals surface area contributed by atoms with Crippen molar-refractivity contribution in [1.82, 2.24) is 4.98 Å². The second kappa shape index (κ2) is 5.19. The Morgan fingerprint density at radius 2 is 1.88 bits per heavy atom. The summed E-state index contributed by atoms with van der Waals surface area (Å²) in [5, 5.41) is 0. The standard InChI is InChI=1S/C13H13BrN2O/c1-16(11-7-5-10(14)6-8-11)13-12(17-2)4-3-9-15-13/h3-9H,1-2H3. The summed E-state index contributed by atoms with van der Waals surface area (Å²) in [4.78, 5) is 6.33. The third-order valence-electron chi connectivity index (χ3n) is 2.50. The molecule has 0 saturated carbocycles. The van der Waals surface area contributed by atoms with Gasteiger partial charge < -0.3 is 9.64 Å². The average molecular weight is 293 g/mol. The normalized spacial score (nSPS) is 10.1. The lowest BCUT2D eigenvalue weighted by Gasteiger charge is -2.20. The third kappa shape index (κ3) is 2.58. The van der Waals surface area contributed by atoms with Crippen molar-refractivity contribution in [3.05, 3.63) is 47.1 Å². The first-order valence-corrected chi connectivity index (χ1v) is 6.00. The predicted molar refractivity (Wildman–Crippen MR) is 73.0 cm³/mol. The number of ether oxygens (including phenoxy) is 1. The number of anilines is 2. The summed E-state index contributed by atoms with van der Waals surface area (Å²) in [7, 11) is 3.62. The maximum absolute atomic E-state index is 5.30. The average Bonchev–Trinajstić information content (AvgIpc) is 2.39. The molecular weight excluding hydrogens is 280 g/mol. The molecule has 1 aromatic carbocycles. The number of nitrogens with zero attached hydrogens (tertiary/aromatic N) is 2. The summed E-state index contributed by atoms with van der Waals surface area (Å²) in [5.41, 5.74) is 1.06. The topological polar surface area (TPSA) is 25.4 Å². The van der Waals surface area contributed by atoms with Gasteiger partial charge in [0.25, 0.3) is 0 Å². The Kier molecular flexibility index (Phi) is 3.64. The first-order chi connectivity index (χ1) is 8.22. The first-order valence-electron chi connectivity index (χ1n) is 5.20. The van der Waals surface area contributed by atoms with Crippen LogP contribution in [0, 0.1) is 0 Å². The Bertz CT molecular complexity index is 499. The van der Waals surface area contributed by atoms with Gasteiger partial charge in [-0.25, -0.2) is 4.98 Å². The van der Waals surface area contributed by atoms with Crippen molar-refractivity contribution in [2.24, 2.45) is 0 Å².